The third-order valence-electron chi connectivity index (χ3n) is 0.868. The SMILES string of the molecule is C1=CNC=NC=N1.C=CC=CC.[Hf]. The quantitative estimate of drug-likeness (QED) is 0.574. The molecule has 0 aromatic rings. The van der Waals surface area contributed by atoms with Crippen LogP contribution in [0, 0.1) is 0 Å². The first-order valence-corrected chi connectivity index (χ1v) is 3.60. The minimum atomic E-state index is 0. The monoisotopic (exact) mass is 343 g/mol. The van der Waals surface area contributed by atoms with Crippen LogP contribution in [0.4, 0.5) is 0 Å². The van der Waals surface area contributed by atoms with E-state index in [4.69, 9.17) is 0 Å². The van der Waals surface area contributed by atoms with Crippen LogP contribution < -0.4 is 5.32 Å². The van der Waals surface area contributed by atoms with Crippen molar-refractivity contribution in [2.24, 2.45) is 9.98 Å². The van der Waals surface area contributed by atoms with Gasteiger partial charge < -0.3 is 5.32 Å². The summed E-state index contributed by atoms with van der Waals surface area (Å²) < 4.78 is 0. The summed E-state index contributed by atoms with van der Waals surface area (Å²) in [5.74, 6) is 0. The zero-order valence-electron chi connectivity index (χ0n) is 7.64. The van der Waals surface area contributed by atoms with E-state index in [1.165, 1.54) is 6.34 Å². The number of nitrogens with one attached hydrogen (secondary N) is 1. The Labute approximate surface area is 97.8 Å². The molecular weight excluding hydrogens is 329 g/mol. The second-order valence-electron chi connectivity index (χ2n) is 1.79. The molecule has 68 valence electrons. The molecule has 13 heavy (non-hydrogen) atoms. The van der Waals surface area contributed by atoms with Crippen molar-refractivity contribution < 1.29 is 25.8 Å². The molecule has 0 saturated heterocycles. The summed E-state index contributed by atoms with van der Waals surface area (Å²) in [7, 11) is 0. The Bertz CT molecular complexity index is 203. The van der Waals surface area contributed by atoms with Gasteiger partial charge in [-0.3, -0.25) is 0 Å². The van der Waals surface area contributed by atoms with Crippen molar-refractivity contribution in [2.45, 2.75) is 6.92 Å². The zero-order valence-corrected chi connectivity index (χ0v) is 11.2. The van der Waals surface area contributed by atoms with Gasteiger partial charge in [-0.2, -0.15) is 0 Å². The second-order valence-corrected chi connectivity index (χ2v) is 1.79. The number of hydrogen-bond donors (Lipinski definition) is 1. The Morgan fingerprint density at radius 3 is 2.69 bits per heavy atom. The van der Waals surface area contributed by atoms with Crippen LogP contribution in [0.3, 0.4) is 0 Å². The van der Waals surface area contributed by atoms with E-state index < -0.39 is 0 Å². The molecule has 0 aliphatic carbocycles. The van der Waals surface area contributed by atoms with E-state index in [0.29, 0.717) is 0 Å². The van der Waals surface area contributed by atoms with E-state index in [-0.39, 0.29) is 25.8 Å². The zero-order chi connectivity index (χ0) is 9.07. The summed E-state index contributed by atoms with van der Waals surface area (Å²) in [4.78, 5) is 7.39. The van der Waals surface area contributed by atoms with Crippen molar-refractivity contribution in [2.75, 3.05) is 0 Å². The Morgan fingerprint density at radius 2 is 2.15 bits per heavy atom. The topological polar surface area (TPSA) is 36.8 Å². The van der Waals surface area contributed by atoms with Crippen molar-refractivity contribution in [3.63, 3.8) is 0 Å². The van der Waals surface area contributed by atoms with Gasteiger partial charge in [-0.25, -0.2) is 9.98 Å². The molecule has 1 rings (SSSR count). The van der Waals surface area contributed by atoms with Crippen LogP contribution in [-0.4, -0.2) is 12.7 Å². The molecule has 0 bridgehead atoms. The number of rotatable bonds is 1. The van der Waals surface area contributed by atoms with Gasteiger partial charge in [0.05, 0.1) is 6.34 Å². The standard InChI is InChI=1S/C5H8.C4H5N3.Hf/c1-3-5-4-2;1-2-6-4-7-3-5-1;/h3-5H,1H2,2H3;1-4H,(H,5,6,7);. The molecule has 0 aromatic carbocycles. The predicted octanol–water partition coefficient (Wildman–Crippen LogP) is 1.86. The largest absolute Gasteiger partial charge is 0.351 e. The average Bonchev–Trinajstić information content (AvgIpc) is 2.37. The molecule has 0 spiro atoms. The third kappa shape index (κ3) is 14.1. The predicted molar refractivity (Wildman–Crippen MR) is 54.3 cm³/mol. The first-order chi connectivity index (χ1) is 5.91. The normalized spacial score (nSPS) is 12.1. The number of nitrogens with zero attached hydrogens (tertiary/aromatic N) is 2. The summed E-state index contributed by atoms with van der Waals surface area (Å²) in [6, 6.07) is 0. The van der Waals surface area contributed by atoms with Crippen LogP contribution in [0.1, 0.15) is 6.92 Å². The van der Waals surface area contributed by atoms with Gasteiger partial charge in [-0.15, -0.1) is 0 Å². The van der Waals surface area contributed by atoms with Crippen LogP contribution in [-0.2, 0) is 25.8 Å². The van der Waals surface area contributed by atoms with Crippen LogP contribution in [0.15, 0.2) is 47.2 Å². The second kappa shape index (κ2) is 13.8. The fourth-order valence-electron chi connectivity index (χ4n) is 0.419. The van der Waals surface area contributed by atoms with Gasteiger partial charge in [-0.1, -0.05) is 24.8 Å². The van der Waals surface area contributed by atoms with Crippen molar-refractivity contribution in [3.8, 4) is 0 Å². The minimum absolute atomic E-state index is 0. The molecule has 0 unspecified atom stereocenters. The van der Waals surface area contributed by atoms with Crippen LogP contribution in [0.5, 0.6) is 0 Å². The van der Waals surface area contributed by atoms with E-state index in [1.807, 2.05) is 19.1 Å². The molecule has 0 amide bonds. The van der Waals surface area contributed by atoms with E-state index in [0.717, 1.165) is 0 Å². The van der Waals surface area contributed by atoms with E-state index in [9.17, 15) is 0 Å². The average molecular weight is 342 g/mol. The summed E-state index contributed by atoms with van der Waals surface area (Å²) in [6.07, 6.45) is 11.9. The van der Waals surface area contributed by atoms with Crippen LogP contribution in [0.25, 0.3) is 0 Å². The van der Waals surface area contributed by atoms with Crippen LogP contribution >= 0.6 is 0 Å². The number of hydrogen-bond acceptors (Lipinski definition) is 3. The van der Waals surface area contributed by atoms with E-state index in [2.05, 4.69) is 21.9 Å². The Kier molecular flexibility index (Phi) is 15.6. The number of allylic oxidation sites excluding steroid dienone is 3. The Balaban J connectivity index is 0. The van der Waals surface area contributed by atoms with Gasteiger partial charge in [-0.05, 0) is 6.92 Å². The number of aliphatic imine (C=N–C) groups is 2. The Morgan fingerprint density at radius 1 is 1.38 bits per heavy atom. The molecule has 0 saturated carbocycles. The molecule has 3 nitrogen and oxygen atoms in total. The summed E-state index contributed by atoms with van der Waals surface area (Å²) in [5.41, 5.74) is 0. The maximum atomic E-state index is 3.70. The smallest absolute Gasteiger partial charge is 0.117 e. The maximum Gasteiger partial charge on any atom is 0.117 e. The van der Waals surface area contributed by atoms with Gasteiger partial charge in [0, 0.05) is 38.2 Å². The molecule has 0 atom stereocenters. The van der Waals surface area contributed by atoms with Gasteiger partial charge in [0.2, 0.25) is 0 Å². The first-order valence-electron chi connectivity index (χ1n) is 3.60. The van der Waals surface area contributed by atoms with E-state index in [1.54, 1.807) is 24.8 Å². The summed E-state index contributed by atoms with van der Waals surface area (Å²) >= 11 is 0. The first kappa shape index (κ1) is 14.7. The fraction of sp³-hybridized carbons (Fsp3) is 0.111. The van der Waals surface area contributed by atoms with Crippen molar-refractivity contribution >= 4 is 12.7 Å². The summed E-state index contributed by atoms with van der Waals surface area (Å²) in [5, 5.41) is 2.75. The third-order valence-corrected chi connectivity index (χ3v) is 0.868. The molecular formula is C9H13HfN3. The molecule has 4 heteroatoms. The van der Waals surface area contributed by atoms with Gasteiger partial charge >= 0.3 is 0 Å². The molecule has 0 fully saturated rings. The molecule has 1 heterocycles. The van der Waals surface area contributed by atoms with Gasteiger partial charge in [0.15, 0.2) is 0 Å². The van der Waals surface area contributed by atoms with Gasteiger partial charge in [0.25, 0.3) is 0 Å². The molecule has 1 aliphatic rings. The maximum absolute atomic E-state index is 3.70. The molecule has 1 N–H and O–H groups in total. The molecule has 0 aromatic heterocycles. The van der Waals surface area contributed by atoms with Crippen molar-refractivity contribution in [1.29, 1.82) is 0 Å². The summed E-state index contributed by atoms with van der Waals surface area (Å²) in [6.45, 7) is 5.42. The minimum Gasteiger partial charge on any atom is -0.351 e. The Hall–Kier alpha value is -0.770. The van der Waals surface area contributed by atoms with Crippen molar-refractivity contribution in [1.82, 2.24) is 5.32 Å². The fourth-order valence-corrected chi connectivity index (χ4v) is 0.419. The molecule has 0 radical (unpaired) electrons. The van der Waals surface area contributed by atoms with Crippen LogP contribution in [0.2, 0.25) is 0 Å². The van der Waals surface area contributed by atoms with E-state index >= 15 is 0 Å². The van der Waals surface area contributed by atoms with Gasteiger partial charge in [0.1, 0.15) is 6.34 Å². The molecule has 1 aliphatic heterocycles. The van der Waals surface area contributed by atoms with Crippen molar-refractivity contribution in [3.05, 3.63) is 37.2 Å².